The van der Waals surface area contributed by atoms with E-state index in [1.165, 1.54) is 31.8 Å². The normalized spacial score (nSPS) is 11.9. The number of hydrogen-bond acceptors (Lipinski definition) is 10. The molecule has 0 amide bonds. The first-order chi connectivity index (χ1) is 31.7. The van der Waals surface area contributed by atoms with Gasteiger partial charge in [0.15, 0.2) is 0 Å². The van der Waals surface area contributed by atoms with Crippen molar-refractivity contribution in [2.45, 2.75) is 26.2 Å². The second-order valence-corrected chi connectivity index (χ2v) is 23.3. The van der Waals surface area contributed by atoms with Crippen molar-refractivity contribution in [3.63, 3.8) is 0 Å². The van der Waals surface area contributed by atoms with Crippen molar-refractivity contribution in [1.29, 1.82) is 0 Å². The molecule has 10 aromatic rings. The maximum atomic E-state index is 4.71. The van der Waals surface area contributed by atoms with Gasteiger partial charge in [0.25, 0.3) is 0 Å². The summed E-state index contributed by atoms with van der Waals surface area (Å²) in [5.41, 5.74) is 3.91. The van der Waals surface area contributed by atoms with E-state index in [0.29, 0.717) is 0 Å². The molecule has 0 fully saturated rings. The Kier molecular flexibility index (Phi) is 19.3. The summed E-state index contributed by atoms with van der Waals surface area (Å²) < 4.78 is 0. The van der Waals surface area contributed by atoms with E-state index >= 15 is 0 Å². The van der Waals surface area contributed by atoms with Crippen LogP contribution in [0.15, 0.2) is 204 Å². The first-order valence-electron chi connectivity index (χ1n) is 21.0. The molecule has 14 heteroatoms. The Morgan fingerprint density at radius 2 is 0.606 bits per heavy atom. The van der Waals surface area contributed by atoms with Crippen molar-refractivity contribution in [2.24, 2.45) is 0 Å². The van der Waals surface area contributed by atoms with E-state index in [-0.39, 0.29) is 34.1 Å². The molecule has 4 aromatic heterocycles. The van der Waals surface area contributed by atoms with Gasteiger partial charge in [-0.05, 0) is 72.8 Å². The number of aromatic nitrogens is 4. The summed E-state index contributed by atoms with van der Waals surface area (Å²) in [6.07, 6.45) is 0. The molecule has 0 atom stereocenters. The van der Waals surface area contributed by atoms with Crippen molar-refractivity contribution < 1.29 is 34.1 Å². The zero-order valence-electron chi connectivity index (χ0n) is 35.5. The minimum absolute atomic E-state index is 0. The summed E-state index contributed by atoms with van der Waals surface area (Å²) in [7, 11) is -1.75. The Morgan fingerprint density at radius 1 is 0.318 bits per heavy atom. The number of fused-ring (bicyclic) bond motifs is 10. The van der Waals surface area contributed by atoms with E-state index in [1.54, 1.807) is 45.3 Å². The van der Waals surface area contributed by atoms with Gasteiger partial charge < -0.3 is 10.6 Å². The second kappa shape index (κ2) is 25.7. The molecule has 1 aliphatic heterocycles. The quantitative estimate of drug-likeness (QED) is 0.128. The standard InChI is InChI=1S/2C18H15P.C16H14N6S4.2Cu/c2*1-4-10-16(11-5-1)19(17-12-6-2-7-13-17)18-14-8-3-9-15-18;1-9-5-26-16(19-9)12-8-25-15(22-12)4-18-3-14-21-11(7-24-14)10-6-23-13(20-10)2-17-1;;/h2*1-15H;5-8,17-18H,1-4H2;;/p+2. The summed E-state index contributed by atoms with van der Waals surface area (Å²) in [6.45, 7) is 2.93. The molecule has 11 rings (SSSR count). The van der Waals surface area contributed by atoms with E-state index in [0.717, 1.165) is 69.0 Å². The molecular weight excluding hydrogens is 1030 g/mol. The smallest absolute Gasteiger partial charge is 0.143 e. The molecule has 0 unspecified atom stereocenters. The van der Waals surface area contributed by atoms with Gasteiger partial charge in [0.1, 0.15) is 68.9 Å². The maximum Gasteiger partial charge on any atom is 0.143 e. The molecule has 338 valence electrons. The molecule has 0 spiro atoms. The average Bonchev–Trinajstić information content (AvgIpc) is 4.21. The van der Waals surface area contributed by atoms with Crippen LogP contribution in [0.4, 0.5) is 0 Å². The zero-order chi connectivity index (χ0) is 43.2. The molecule has 2 N–H and O–H groups in total. The van der Waals surface area contributed by atoms with Crippen molar-refractivity contribution in [2.75, 3.05) is 0 Å². The van der Waals surface area contributed by atoms with Crippen LogP contribution in [0.25, 0.3) is 22.1 Å². The molecule has 8 bridgehead atoms. The van der Waals surface area contributed by atoms with E-state index in [9.17, 15) is 0 Å². The molecule has 1 aliphatic rings. The molecular formula is C52H46Cu2N6P2S4+2. The molecule has 66 heavy (non-hydrogen) atoms. The molecule has 5 heterocycles. The number of thiazole rings is 4. The average molecular weight is 1070 g/mol. The third kappa shape index (κ3) is 13.4. The van der Waals surface area contributed by atoms with Crippen LogP contribution < -0.4 is 42.5 Å². The Labute approximate surface area is 426 Å². The summed E-state index contributed by atoms with van der Waals surface area (Å²) in [5.74, 6) is 0. The third-order valence-corrected chi connectivity index (χ3v) is 19.1. The molecule has 2 radical (unpaired) electrons. The Balaban J connectivity index is 0.000000148. The van der Waals surface area contributed by atoms with Crippen LogP contribution in [0, 0.1) is 0 Å². The van der Waals surface area contributed by atoms with Crippen LogP contribution in [0.1, 0.15) is 20.7 Å². The topological polar surface area (TPSA) is 75.6 Å². The maximum absolute atomic E-state index is 4.71. The van der Waals surface area contributed by atoms with Crippen LogP contribution >= 0.6 is 61.2 Å². The SMILES string of the molecule is [Cu].[Cu].c1ccc([PH+](c2ccccc2)c2ccccc2)cc1.c1ccc([PH+](c2ccccc2)c2ccccc2)cc1.c1sc2nc1CNCc1nc(cs1)-c1csc(n1)CNCc1nc-2cs1. The second-order valence-electron chi connectivity index (χ2n) is 14.7. The van der Waals surface area contributed by atoms with Gasteiger partial charge in [-0.1, -0.05) is 109 Å². The first-order valence-corrected chi connectivity index (χ1v) is 27.5. The Hall–Kier alpha value is -4.34. The fraction of sp³-hybridized carbons (Fsp3) is 0.0769. The van der Waals surface area contributed by atoms with Gasteiger partial charge in [0, 0.05) is 81.8 Å². The van der Waals surface area contributed by atoms with E-state index < -0.39 is 15.8 Å². The van der Waals surface area contributed by atoms with Gasteiger partial charge in [-0.25, -0.2) is 19.9 Å². The summed E-state index contributed by atoms with van der Waals surface area (Å²) in [4.78, 5) is 18.8. The molecule has 6 aromatic carbocycles. The number of nitrogens with one attached hydrogen (secondary N) is 2. The van der Waals surface area contributed by atoms with Crippen LogP contribution in [0.5, 0.6) is 0 Å². The predicted molar refractivity (Wildman–Crippen MR) is 281 cm³/mol. The largest absolute Gasteiger partial charge is 0.305 e. The molecule has 0 aliphatic carbocycles. The van der Waals surface area contributed by atoms with Crippen LogP contribution in [0.3, 0.4) is 0 Å². The monoisotopic (exact) mass is 1070 g/mol. The number of benzene rings is 6. The Morgan fingerprint density at radius 3 is 0.939 bits per heavy atom. The van der Waals surface area contributed by atoms with Gasteiger partial charge in [-0.3, -0.25) is 0 Å². The fourth-order valence-corrected chi connectivity index (χ4v) is 15.5. The van der Waals surface area contributed by atoms with E-state index in [1.807, 2.05) is 0 Å². The number of hydrogen-bond donors (Lipinski definition) is 2. The Bertz CT molecular complexity index is 2450. The van der Waals surface area contributed by atoms with Gasteiger partial charge in [0.05, 0.1) is 21.5 Å². The minimum atomic E-state index is -0.877. The van der Waals surface area contributed by atoms with Crippen LogP contribution in [0.2, 0.25) is 0 Å². The fourth-order valence-electron chi connectivity index (χ4n) is 7.22. The van der Waals surface area contributed by atoms with Crippen LogP contribution in [-0.2, 0) is 60.3 Å². The first kappa shape index (κ1) is 49.6. The van der Waals surface area contributed by atoms with Crippen molar-refractivity contribution >= 4 is 93.0 Å². The van der Waals surface area contributed by atoms with Gasteiger partial charge in [-0.2, -0.15) is 0 Å². The molecule has 0 saturated heterocycles. The van der Waals surface area contributed by atoms with Crippen molar-refractivity contribution in [3.8, 4) is 22.1 Å². The van der Waals surface area contributed by atoms with E-state index in [4.69, 9.17) is 19.9 Å². The van der Waals surface area contributed by atoms with Gasteiger partial charge >= 0.3 is 0 Å². The van der Waals surface area contributed by atoms with Crippen molar-refractivity contribution in [3.05, 3.63) is 224 Å². The van der Waals surface area contributed by atoms with Gasteiger partial charge in [0.2, 0.25) is 0 Å². The zero-order valence-corrected chi connectivity index (χ0v) is 42.6. The van der Waals surface area contributed by atoms with Crippen LogP contribution in [-0.4, -0.2) is 19.9 Å². The van der Waals surface area contributed by atoms with Crippen molar-refractivity contribution in [1.82, 2.24) is 30.6 Å². The number of rotatable bonds is 6. The summed E-state index contributed by atoms with van der Waals surface area (Å²) in [5, 5.41) is 28.0. The number of nitrogens with zero attached hydrogens (tertiary/aromatic N) is 4. The van der Waals surface area contributed by atoms with E-state index in [2.05, 4.69) is 214 Å². The van der Waals surface area contributed by atoms with Gasteiger partial charge in [-0.15, -0.1) is 45.3 Å². The molecule has 6 nitrogen and oxygen atoms in total. The molecule has 0 saturated carbocycles. The third-order valence-electron chi connectivity index (χ3n) is 10.2. The summed E-state index contributed by atoms with van der Waals surface area (Å²) >= 11 is 6.64. The summed E-state index contributed by atoms with van der Waals surface area (Å²) in [6, 6.07) is 65.0. The predicted octanol–water partition coefficient (Wildman–Crippen LogP) is 10.1. The minimum Gasteiger partial charge on any atom is -0.305 e.